The minimum absolute atomic E-state index is 0. The predicted octanol–water partition coefficient (Wildman–Crippen LogP) is 3.45. The first kappa shape index (κ1) is 21.4. The molecule has 0 fully saturated rings. The summed E-state index contributed by atoms with van der Waals surface area (Å²) in [4.78, 5) is 4.69. The second-order valence-corrected chi connectivity index (χ2v) is 6.57. The zero-order valence-corrected chi connectivity index (χ0v) is 18.7. The molecule has 0 atom stereocenters. The average molecular weight is 511 g/mol. The lowest BCUT2D eigenvalue weighted by Crippen LogP contribution is -2.36. The summed E-state index contributed by atoms with van der Waals surface area (Å²) in [5.74, 6) is 3.93. The third-order valence-electron chi connectivity index (χ3n) is 4.47. The topological polar surface area (TPSA) is 73.3 Å². The van der Waals surface area contributed by atoms with Gasteiger partial charge in [0.2, 0.25) is 6.79 Å². The van der Waals surface area contributed by atoms with E-state index in [2.05, 4.69) is 15.6 Å². The maximum atomic E-state index is 5.76. The lowest BCUT2D eigenvalue weighted by Gasteiger charge is -2.12. The van der Waals surface area contributed by atoms with Crippen LogP contribution in [0.4, 0.5) is 0 Å². The van der Waals surface area contributed by atoms with Crippen LogP contribution in [-0.2, 0) is 13.1 Å². The van der Waals surface area contributed by atoms with Crippen molar-refractivity contribution in [1.29, 1.82) is 0 Å². The highest BCUT2D eigenvalue weighted by atomic mass is 127. The Morgan fingerprint density at radius 1 is 0.862 bits per heavy atom. The third-order valence-corrected chi connectivity index (χ3v) is 4.47. The maximum Gasteiger partial charge on any atom is 0.231 e. The number of fused-ring (bicyclic) bond motifs is 2. The molecule has 0 aliphatic carbocycles. The number of hydrogen-bond donors (Lipinski definition) is 2. The highest BCUT2D eigenvalue weighted by Gasteiger charge is 2.13. The van der Waals surface area contributed by atoms with Gasteiger partial charge in [-0.15, -0.1) is 24.0 Å². The molecule has 2 aromatic carbocycles. The Hall–Kier alpha value is -2.36. The predicted molar refractivity (Wildman–Crippen MR) is 122 cm³/mol. The van der Waals surface area contributed by atoms with Crippen LogP contribution in [0.15, 0.2) is 41.4 Å². The van der Waals surface area contributed by atoms with Crippen LogP contribution < -0.4 is 29.6 Å². The lowest BCUT2D eigenvalue weighted by molar-refractivity contribution is 0.174. The maximum absolute atomic E-state index is 5.76. The number of benzene rings is 2. The largest absolute Gasteiger partial charge is 0.490 e. The summed E-state index contributed by atoms with van der Waals surface area (Å²) in [6.45, 7) is 5.68. The van der Waals surface area contributed by atoms with Crippen molar-refractivity contribution >= 4 is 29.9 Å². The zero-order valence-electron chi connectivity index (χ0n) is 16.4. The summed E-state index contributed by atoms with van der Waals surface area (Å²) < 4.78 is 22.2. The van der Waals surface area contributed by atoms with E-state index >= 15 is 0 Å². The van der Waals surface area contributed by atoms with Gasteiger partial charge in [0, 0.05) is 19.5 Å². The summed E-state index contributed by atoms with van der Waals surface area (Å²) in [7, 11) is 0. The molecule has 0 unspecified atom stereocenters. The molecule has 0 saturated heterocycles. The number of guanidine groups is 1. The van der Waals surface area contributed by atoms with Crippen LogP contribution >= 0.6 is 24.0 Å². The van der Waals surface area contributed by atoms with E-state index in [1.54, 1.807) is 0 Å². The Kier molecular flexibility index (Phi) is 7.68. The van der Waals surface area contributed by atoms with E-state index in [1.807, 2.05) is 43.3 Å². The van der Waals surface area contributed by atoms with Gasteiger partial charge in [-0.05, 0) is 42.3 Å². The molecule has 29 heavy (non-hydrogen) atoms. The van der Waals surface area contributed by atoms with Gasteiger partial charge in [-0.25, -0.2) is 4.99 Å². The molecule has 4 rings (SSSR count). The molecule has 2 aliphatic rings. The van der Waals surface area contributed by atoms with Gasteiger partial charge < -0.3 is 29.6 Å². The van der Waals surface area contributed by atoms with Crippen LogP contribution in [0.2, 0.25) is 0 Å². The fraction of sp³-hybridized carbons (Fsp3) is 0.381. The first-order valence-electron chi connectivity index (χ1n) is 9.61. The molecule has 0 bridgehead atoms. The fourth-order valence-electron chi connectivity index (χ4n) is 3.05. The third kappa shape index (κ3) is 5.59. The summed E-state index contributed by atoms with van der Waals surface area (Å²) in [5.41, 5.74) is 2.18. The van der Waals surface area contributed by atoms with Gasteiger partial charge in [0.25, 0.3) is 0 Å². The van der Waals surface area contributed by atoms with Gasteiger partial charge in [-0.2, -0.15) is 0 Å². The lowest BCUT2D eigenvalue weighted by atomic mass is 10.2. The molecule has 8 heteroatoms. The van der Waals surface area contributed by atoms with Crippen molar-refractivity contribution in [2.24, 2.45) is 4.99 Å². The summed E-state index contributed by atoms with van der Waals surface area (Å²) in [5, 5.41) is 6.63. The first-order valence-corrected chi connectivity index (χ1v) is 9.61. The molecule has 0 radical (unpaired) electrons. The molecule has 2 heterocycles. The summed E-state index contributed by atoms with van der Waals surface area (Å²) in [6, 6.07) is 11.9. The SMILES string of the molecule is CCNC(=NCc1ccc2c(c1)OCCCO2)NCc1ccc2c(c1)OCO2.I. The van der Waals surface area contributed by atoms with Crippen molar-refractivity contribution in [3.63, 3.8) is 0 Å². The van der Waals surface area contributed by atoms with E-state index in [-0.39, 0.29) is 30.8 Å². The standard InChI is InChI=1S/C21H25N3O4.HI/c1-2-22-21(24-13-16-5-7-18-20(11-16)28-14-27-18)23-12-15-4-6-17-19(10-15)26-9-3-8-25-17;/h4-7,10-11H,2-3,8-9,12-14H2,1H3,(H2,22,23,24);1H. The Morgan fingerprint density at radius 3 is 2.34 bits per heavy atom. The van der Waals surface area contributed by atoms with E-state index in [1.165, 1.54) is 0 Å². The average Bonchev–Trinajstić information content (AvgIpc) is 3.06. The van der Waals surface area contributed by atoms with Crippen molar-refractivity contribution in [3.8, 4) is 23.0 Å². The molecular weight excluding hydrogens is 485 g/mol. The molecule has 0 spiro atoms. The zero-order chi connectivity index (χ0) is 19.2. The van der Waals surface area contributed by atoms with Gasteiger partial charge in [-0.3, -0.25) is 0 Å². The minimum Gasteiger partial charge on any atom is -0.490 e. The normalized spacial score (nSPS) is 14.6. The van der Waals surface area contributed by atoms with Crippen LogP contribution in [0.5, 0.6) is 23.0 Å². The smallest absolute Gasteiger partial charge is 0.231 e. The van der Waals surface area contributed by atoms with Gasteiger partial charge in [-0.1, -0.05) is 12.1 Å². The second-order valence-electron chi connectivity index (χ2n) is 6.57. The molecule has 0 amide bonds. The molecule has 156 valence electrons. The number of halogens is 1. The van der Waals surface area contributed by atoms with Crippen LogP contribution in [-0.4, -0.2) is 32.5 Å². The second kappa shape index (κ2) is 10.4. The summed E-state index contributed by atoms with van der Waals surface area (Å²) in [6.07, 6.45) is 0.899. The van der Waals surface area contributed by atoms with Crippen LogP contribution in [0.3, 0.4) is 0 Å². The van der Waals surface area contributed by atoms with E-state index < -0.39 is 0 Å². The molecule has 2 aromatic rings. The van der Waals surface area contributed by atoms with Crippen molar-refractivity contribution < 1.29 is 18.9 Å². The van der Waals surface area contributed by atoms with Crippen molar-refractivity contribution in [3.05, 3.63) is 47.5 Å². The highest BCUT2D eigenvalue weighted by Crippen LogP contribution is 2.32. The fourth-order valence-corrected chi connectivity index (χ4v) is 3.05. The van der Waals surface area contributed by atoms with E-state index in [4.69, 9.17) is 18.9 Å². The summed E-state index contributed by atoms with van der Waals surface area (Å²) >= 11 is 0. The van der Waals surface area contributed by atoms with Gasteiger partial charge in [0.1, 0.15) is 0 Å². The molecule has 7 nitrogen and oxygen atoms in total. The van der Waals surface area contributed by atoms with Crippen LogP contribution in [0.25, 0.3) is 0 Å². The number of rotatable bonds is 5. The minimum atomic E-state index is 0. The molecule has 0 saturated carbocycles. The van der Waals surface area contributed by atoms with E-state index in [9.17, 15) is 0 Å². The number of ether oxygens (including phenoxy) is 4. The Bertz CT molecular complexity index is 860. The molecule has 2 N–H and O–H groups in total. The van der Waals surface area contributed by atoms with Gasteiger partial charge in [0.05, 0.1) is 19.8 Å². The Balaban J connectivity index is 0.00000240. The van der Waals surface area contributed by atoms with E-state index in [0.717, 1.165) is 53.1 Å². The molecular formula is C21H26IN3O4. The Labute approximate surface area is 187 Å². The quantitative estimate of drug-likeness (QED) is 0.364. The Morgan fingerprint density at radius 2 is 1.52 bits per heavy atom. The van der Waals surface area contributed by atoms with Crippen LogP contribution in [0.1, 0.15) is 24.5 Å². The van der Waals surface area contributed by atoms with Gasteiger partial charge in [0.15, 0.2) is 29.0 Å². The van der Waals surface area contributed by atoms with Crippen LogP contribution in [0, 0.1) is 0 Å². The highest BCUT2D eigenvalue weighted by molar-refractivity contribution is 14.0. The molecule has 2 aliphatic heterocycles. The number of nitrogens with one attached hydrogen (secondary N) is 2. The first-order chi connectivity index (χ1) is 13.8. The molecule has 0 aromatic heterocycles. The van der Waals surface area contributed by atoms with Crippen molar-refractivity contribution in [2.75, 3.05) is 26.6 Å². The van der Waals surface area contributed by atoms with Crippen molar-refractivity contribution in [2.45, 2.75) is 26.4 Å². The number of hydrogen-bond acceptors (Lipinski definition) is 5. The monoisotopic (exact) mass is 511 g/mol. The van der Waals surface area contributed by atoms with Gasteiger partial charge >= 0.3 is 0 Å². The van der Waals surface area contributed by atoms with E-state index in [0.29, 0.717) is 26.3 Å². The number of aliphatic imine (C=N–C) groups is 1. The number of nitrogens with zero attached hydrogens (tertiary/aromatic N) is 1. The van der Waals surface area contributed by atoms with Crippen molar-refractivity contribution in [1.82, 2.24) is 10.6 Å².